The summed E-state index contributed by atoms with van der Waals surface area (Å²) in [6.45, 7) is -0.117. The summed E-state index contributed by atoms with van der Waals surface area (Å²) >= 11 is 0. The lowest BCUT2D eigenvalue weighted by atomic mass is 10.1. The molecule has 0 aliphatic carbocycles. The standard InChI is InChI=1S/C17H20FN3O5/c18-13-5-2-1-4-12(13)7-8-19-14(22)11-26-16(24)6-3-9-21-15(23)10-20-17(21)25/h1-2,4-5H,3,6-11H2,(H,19,22)(H,20,25). The van der Waals surface area contributed by atoms with Crippen LogP contribution in [0.25, 0.3) is 0 Å². The fourth-order valence-corrected chi connectivity index (χ4v) is 2.37. The van der Waals surface area contributed by atoms with Gasteiger partial charge in [0.25, 0.3) is 5.91 Å². The first kappa shape index (κ1) is 19.4. The van der Waals surface area contributed by atoms with E-state index in [-0.39, 0.29) is 44.2 Å². The number of urea groups is 1. The van der Waals surface area contributed by atoms with Crippen LogP contribution in [0.2, 0.25) is 0 Å². The minimum absolute atomic E-state index is 0.0143. The predicted octanol–water partition coefficient (Wildman–Crippen LogP) is 0.360. The lowest BCUT2D eigenvalue weighted by Gasteiger charge is -2.11. The predicted molar refractivity (Wildman–Crippen MR) is 88.4 cm³/mol. The van der Waals surface area contributed by atoms with E-state index in [4.69, 9.17) is 4.74 Å². The zero-order valence-corrected chi connectivity index (χ0v) is 14.1. The number of imide groups is 1. The molecule has 140 valence electrons. The third-order valence-electron chi connectivity index (χ3n) is 3.74. The Morgan fingerprint density at radius 2 is 2.04 bits per heavy atom. The van der Waals surface area contributed by atoms with Gasteiger partial charge < -0.3 is 15.4 Å². The zero-order valence-electron chi connectivity index (χ0n) is 14.1. The van der Waals surface area contributed by atoms with Crippen molar-refractivity contribution in [3.63, 3.8) is 0 Å². The van der Waals surface area contributed by atoms with Gasteiger partial charge in [0.2, 0.25) is 5.91 Å². The van der Waals surface area contributed by atoms with Gasteiger partial charge in [-0.05, 0) is 24.5 Å². The molecule has 1 aliphatic heterocycles. The topological polar surface area (TPSA) is 105 Å². The van der Waals surface area contributed by atoms with Gasteiger partial charge in [0.1, 0.15) is 5.82 Å². The highest BCUT2D eigenvalue weighted by atomic mass is 19.1. The van der Waals surface area contributed by atoms with E-state index in [0.717, 1.165) is 4.90 Å². The molecule has 1 saturated heterocycles. The number of carbonyl (C=O) groups is 4. The Morgan fingerprint density at radius 3 is 2.73 bits per heavy atom. The lowest BCUT2D eigenvalue weighted by molar-refractivity contribution is -0.148. The number of benzene rings is 1. The molecule has 2 rings (SSSR count). The van der Waals surface area contributed by atoms with Gasteiger partial charge in [-0.3, -0.25) is 19.3 Å². The number of esters is 1. The van der Waals surface area contributed by atoms with E-state index in [1.54, 1.807) is 18.2 Å². The molecule has 1 aromatic rings. The summed E-state index contributed by atoms with van der Waals surface area (Å²) in [6, 6.07) is 5.80. The van der Waals surface area contributed by atoms with Gasteiger partial charge in [-0.1, -0.05) is 18.2 Å². The first-order chi connectivity index (χ1) is 12.5. The molecule has 0 unspecified atom stereocenters. The number of halogens is 1. The van der Waals surface area contributed by atoms with Gasteiger partial charge in [0.15, 0.2) is 6.61 Å². The molecule has 0 aromatic heterocycles. The van der Waals surface area contributed by atoms with E-state index in [2.05, 4.69) is 10.6 Å². The monoisotopic (exact) mass is 365 g/mol. The number of carbonyl (C=O) groups excluding carboxylic acids is 4. The van der Waals surface area contributed by atoms with E-state index < -0.39 is 24.5 Å². The van der Waals surface area contributed by atoms with Gasteiger partial charge in [0, 0.05) is 19.5 Å². The van der Waals surface area contributed by atoms with Gasteiger partial charge in [-0.25, -0.2) is 9.18 Å². The van der Waals surface area contributed by atoms with Gasteiger partial charge in [-0.15, -0.1) is 0 Å². The maximum absolute atomic E-state index is 13.4. The molecule has 26 heavy (non-hydrogen) atoms. The van der Waals surface area contributed by atoms with Crippen LogP contribution in [-0.2, 0) is 25.5 Å². The summed E-state index contributed by atoms with van der Waals surface area (Å²) < 4.78 is 18.2. The minimum atomic E-state index is -0.596. The molecule has 0 atom stereocenters. The van der Waals surface area contributed by atoms with Gasteiger partial charge in [-0.2, -0.15) is 0 Å². The van der Waals surface area contributed by atoms with Crippen LogP contribution in [0.15, 0.2) is 24.3 Å². The number of hydrogen-bond acceptors (Lipinski definition) is 5. The normalized spacial score (nSPS) is 13.5. The Kier molecular flexibility index (Phi) is 7.07. The van der Waals surface area contributed by atoms with E-state index in [0.29, 0.717) is 12.0 Å². The summed E-state index contributed by atoms with van der Waals surface area (Å²) in [5.74, 6) is -1.75. The Bertz CT molecular complexity index is 679. The molecule has 9 heteroatoms. The average Bonchev–Trinajstić information content (AvgIpc) is 2.93. The fourth-order valence-electron chi connectivity index (χ4n) is 2.37. The van der Waals surface area contributed by atoms with Crippen molar-refractivity contribution in [3.05, 3.63) is 35.6 Å². The maximum Gasteiger partial charge on any atom is 0.324 e. The molecule has 1 fully saturated rings. The molecular formula is C17H20FN3O5. The molecule has 0 spiro atoms. The molecule has 0 radical (unpaired) electrons. The molecule has 1 aliphatic rings. The van der Waals surface area contributed by atoms with Crippen molar-refractivity contribution in [2.75, 3.05) is 26.2 Å². The summed E-state index contributed by atoms with van der Waals surface area (Å²) in [4.78, 5) is 46.9. The van der Waals surface area contributed by atoms with Crippen molar-refractivity contribution in [1.82, 2.24) is 15.5 Å². The molecule has 4 amide bonds. The lowest BCUT2D eigenvalue weighted by Crippen LogP contribution is -2.32. The van der Waals surface area contributed by atoms with Crippen LogP contribution in [0, 0.1) is 5.82 Å². The quantitative estimate of drug-likeness (QED) is 0.486. The maximum atomic E-state index is 13.4. The molecule has 2 N–H and O–H groups in total. The minimum Gasteiger partial charge on any atom is -0.456 e. The summed E-state index contributed by atoms with van der Waals surface area (Å²) in [7, 11) is 0. The smallest absolute Gasteiger partial charge is 0.324 e. The second-order valence-electron chi connectivity index (χ2n) is 5.66. The number of hydrogen-bond donors (Lipinski definition) is 2. The first-order valence-corrected chi connectivity index (χ1v) is 8.21. The van der Waals surface area contributed by atoms with Crippen LogP contribution < -0.4 is 10.6 Å². The number of amides is 4. The van der Waals surface area contributed by atoms with Crippen LogP contribution in [0.4, 0.5) is 9.18 Å². The zero-order chi connectivity index (χ0) is 18.9. The van der Waals surface area contributed by atoms with Crippen LogP contribution >= 0.6 is 0 Å². The number of nitrogens with zero attached hydrogens (tertiary/aromatic N) is 1. The number of nitrogens with one attached hydrogen (secondary N) is 2. The first-order valence-electron chi connectivity index (χ1n) is 8.21. The van der Waals surface area contributed by atoms with Crippen molar-refractivity contribution in [2.24, 2.45) is 0 Å². The van der Waals surface area contributed by atoms with E-state index in [1.807, 2.05) is 0 Å². The van der Waals surface area contributed by atoms with Gasteiger partial charge in [0.05, 0.1) is 6.54 Å². The molecule has 0 bridgehead atoms. The number of ether oxygens (including phenoxy) is 1. The Balaban J connectivity index is 1.57. The van der Waals surface area contributed by atoms with Crippen molar-refractivity contribution in [3.8, 4) is 0 Å². The highest BCUT2D eigenvalue weighted by Gasteiger charge is 2.27. The SMILES string of the molecule is O=C(COC(=O)CCCN1C(=O)CNC1=O)NCCc1ccccc1F. The summed E-state index contributed by atoms with van der Waals surface area (Å²) in [5.41, 5.74) is 0.491. The summed E-state index contributed by atoms with van der Waals surface area (Å²) in [6.07, 6.45) is 0.574. The molecular weight excluding hydrogens is 345 g/mol. The Labute approximate surface area is 149 Å². The van der Waals surface area contributed by atoms with Crippen molar-refractivity contribution < 1.29 is 28.3 Å². The van der Waals surface area contributed by atoms with E-state index in [9.17, 15) is 23.6 Å². The third kappa shape index (κ3) is 5.83. The molecule has 0 saturated carbocycles. The fraction of sp³-hybridized carbons (Fsp3) is 0.412. The molecule has 1 aromatic carbocycles. The largest absolute Gasteiger partial charge is 0.456 e. The Hall–Kier alpha value is -2.97. The summed E-state index contributed by atoms with van der Waals surface area (Å²) in [5, 5.41) is 4.91. The van der Waals surface area contributed by atoms with Crippen molar-refractivity contribution >= 4 is 23.8 Å². The Morgan fingerprint density at radius 1 is 1.27 bits per heavy atom. The van der Waals surface area contributed by atoms with Crippen LogP contribution in [0.3, 0.4) is 0 Å². The van der Waals surface area contributed by atoms with E-state index >= 15 is 0 Å². The van der Waals surface area contributed by atoms with Crippen molar-refractivity contribution in [2.45, 2.75) is 19.3 Å². The van der Waals surface area contributed by atoms with Crippen LogP contribution in [-0.4, -0.2) is 55.0 Å². The van der Waals surface area contributed by atoms with Gasteiger partial charge >= 0.3 is 12.0 Å². The highest BCUT2D eigenvalue weighted by molar-refractivity contribution is 6.01. The molecule has 8 nitrogen and oxygen atoms in total. The molecule has 1 heterocycles. The second-order valence-corrected chi connectivity index (χ2v) is 5.66. The number of rotatable bonds is 9. The average molecular weight is 365 g/mol. The van der Waals surface area contributed by atoms with E-state index in [1.165, 1.54) is 6.07 Å². The highest BCUT2D eigenvalue weighted by Crippen LogP contribution is 2.06. The second kappa shape index (κ2) is 9.50. The van der Waals surface area contributed by atoms with Crippen LogP contribution in [0.1, 0.15) is 18.4 Å². The van der Waals surface area contributed by atoms with Crippen molar-refractivity contribution in [1.29, 1.82) is 0 Å². The third-order valence-corrected chi connectivity index (χ3v) is 3.74. The van der Waals surface area contributed by atoms with Crippen LogP contribution in [0.5, 0.6) is 0 Å².